The SMILES string of the molecule is CON1C=C2N=NC3=C(N2C1)N(c1ccccn1)CC(C1CC1)=C3. The van der Waals surface area contributed by atoms with Gasteiger partial charge >= 0.3 is 0 Å². The molecular formula is C17H18N6O. The van der Waals surface area contributed by atoms with Crippen molar-refractivity contribution < 1.29 is 4.84 Å². The lowest BCUT2D eigenvalue weighted by atomic mass is 10.1. The van der Waals surface area contributed by atoms with Crippen LogP contribution in [0.1, 0.15) is 12.8 Å². The summed E-state index contributed by atoms with van der Waals surface area (Å²) in [5.41, 5.74) is 2.33. The van der Waals surface area contributed by atoms with Crippen molar-refractivity contribution in [2.75, 3.05) is 25.2 Å². The number of hydroxylamine groups is 2. The molecule has 1 saturated carbocycles. The highest BCUT2D eigenvalue weighted by atomic mass is 16.7. The van der Waals surface area contributed by atoms with Crippen LogP contribution in [-0.2, 0) is 4.84 Å². The third kappa shape index (κ3) is 2.12. The maximum atomic E-state index is 5.33. The Kier molecular flexibility index (Phi) is 2.96. The summed E-state index contributed by atoms with van der Waals surface area (Å²) in [5, 5.41) is 10.6. The lowest BCUT2D eigenvalue weighted by molar-refractivity contribution is -0.0952. The Morgan fingerprint density at radius 3 is 2.83 bits per heavy atom. The second-order valence-corrected chi connectivity index (χ2v) is 6.33. The fraction of sp³-hybridized carbons (Fsp3) is 0.353. The average molecular weight is 322 g/mol. The molecule has 0 N–H and O–H groups in total. The summed E-state index contributed by atoms with van der Waals surface area (Å²) in [7, 11) is 1.66. The number of aromatic nitrogens is 1. The van der Waals surface area contributed by atoms with Crippen molar-refractivity contribution in [3.8, 4) is 0 Å². The summed E-state index contributed by atoms with van der Waals surface area (Å²) in [5.74, 6) is 3.44. The molecule has 1 aromatic heterocycles. The van der Waals surface area contributed by atoms with Crippen molar-refractivity contribution in [3.63, 3.8) is 0 Å². The fourth-order valence-corrected chi connectivity index (χ4v) is 3.37. The molecule has 1 aromatic rings. The topological polar surface area (TPSA) is 56.6 Å². The molecule has 0 aromatic carbocycles. The zero-order valence-electron chi connectivity index (χ0n) is 13.5. The van der Waals surface area contributed by atoms with Gasteiger partial charge in [0.15, 0.2) is 5.82 Å². The first-order valence-electron chi connectivity index (χ1n) is 8.18. The minimum Gasteiger partial charge on any atom is -0.306 e. The van der Waals surface area contributed by atoms with Crippen LogP contribution in [0.25, 0.3) is 0 Å². The number of nitrogens with zero attached hydrogens (tertiary/aromatic N) is 6. The van der Waals surface area contributed by atoms with Crippen LogP contribution in [0, 0.1) is 5.92 Å². The molecule has 3 aliphatic heterocycles. The number of fused-ring (bicyclic) bond motifs is 2. The van der Waals surface area contributed by atoms with Crippen molar-refractivity contribution in [1.29, 1.82) is 0 Å². The number of hydrogen-bond donors (Lipinski definition) is 0. The summed E-state index contributed by atoms with van der Waals surface area (Å²) in [6, 6.07) is 6.00. The standard InChI is InChI=1S/C17H18N6O/c1-24-21-10-16-20-19-14-8-13(12-5-6-12)9-22(17(14)23(16)11-21)15-4-2-3-7-18-15/h2-4,7-8,10,12H,5-6,9,11H2,1H3. The van der Waals surface area contributed by atoms with Gasteiger partial charge in [0.05, 0.1) is 13.3 Å². The lowest BCUT2D eigenvalue weighted by Gasteiger charge is -2.38. The van der Waals surface area contributed by atoms with Gasteiger partial charge < -0.3 is 4.90 Å². The van der Waals surface area contributed by atoms with E-state index in [0.717, 1.165) is 29.7 Å². The Morgan fingerprint density at radius 2 is 2.08 bits per heavy atom. The highest BCUT2D eigenvalue weighted by Crippen LogP contribution is 2.43. The van der Waals surface area contributed by atoms with Crippen LogP contribution in [0.2, 0.25) is 0 Å². The van der Waals surface area contributed by atoms with Gasteiger partial charge in [-0.15, -0.1) is 10.2 Å². The highest BCUT2D eigenvalue weighted by molar-refractivity contribution is 5.55. The number of hydrogen-bond acceptors (Lipinski definition) is 7. The van der Waals surface area contributed by atoms with Crippen LogP contribution in [0.4, 0.5) is 5.82 Å². The van der Waals surface area contributed by atoms with Gasteiger partial charge in [0.1, 0.15) is 24.0 Å². The van der Waals surface area contributed by atoms with Crippen LogP contribution in [0.15, 0.2) is 69.8 Å². The molecule has 7 heteroatoms. The van der Waals surface area contributed by atoms with Gasteiger partial charge in [-0.1, -0.05) is 6.07 Å². The number of anilines is 1. The van der Waals surface area contributed by atoms with Crippen molar-refractivity contribution in [2.24, 2.45) is 16.1 Å². The quantitative estimate of drug-likeness (QED) is 0.856. The van der Waals surface area contributed by atoms with Crippen LogP contribution in [-0.4, -0.2) is 35.3 Å². The summed E-state index contributed by atoms with van der Waals surface area (Å²) >= 11 is 0. The fourth-order valence-electron chi connectivity index (χ4n) is 3.37. The Morgan fingerprint density at radius 1 is 1.17 bits per heavy atom. The van der Waals surface area contributed by atoms with Crippen molar-refractivity contribution >= 4 is 5.82 Å². The van der Waals surface area contributed by atoms with Crippen molar-refractivity contribution in [1.82, 2.24) is 14.9 Å². The monoisotopic (exact) mass is 322 g/mol. The smallest absolute Gasteiger partial charge is 0.177 e. The van der Waals surface area contributed by atoms with E-state index in [1.807, 2.05) is 30.6 Å². The molecule has 4 aliphatic rings. The lowest BCUT2D eigenvalue weighted by Crippen LogP contribution is -2.41. The normalized spacial score (nSPS) is 22.5. The Bertz CT molecular complexity index is 793. The van der Waals surface area contributed by atoms with Crippen LogP contribution in [0.5, 0.6) is 0 Å². The molecule has 5 rings (SSSR count). The molecule has 1 aliphatic carbocycles. The molecule has 0 unspecified atom stereocenters. The van der Waals surface area contributed by atoms with Crippen LogP contribution < -0.4 is 4.90 Å². The molecule has 0 atom stereocenters. The minimum absolute atomic E-state index is 0.597. The van der Waals surface area contributed by atoms with Crippen LogP contribution >= 0.6 is 0 Å². The number of azo groups is 1. The summed E-state index contributed by atoms with van der Waals surface area (Å²) in [4.78, 5) is 14.3. The Labute approximate surface area is 140 Å². The molecular weight excluding hydrogens is 304 g/mol. The highest BCUT2D eigenvalue weighted by Gasteiger charge is 2.38. The van der Waals surface area contributed by atoms with E-state index in [1.54, 1.807) is 12.2 Å². The first-order valence-corrected chi connectivity index (χ1v) is 8.18. The zero-order valence-corrected chi connectivity index (χ0v) is 13.5. The predicted octanol–water partition coefficient (Wildman–Crippen LogP) is 2.81. The van der Waals surface area contributed by atoms with Gasteiger partial charge in [-0.3, -0.25) is 9.74 Å². The van der Waals surface area contributed by atoms with Crippen LogP contribution in [0.3, 0.4) is 0 Å². The molecule has 0 spiro atoms. The first-order chi connectivity index (χ1) is 11.8. The maximum Gasteiger partial charge on any atom is 0.177 e. The molecule has 0 amide bonds. The Hall–Kier alpha value is -2.67. The summed E-state index contributed by atoms with van der Waals surface area (Å²) in [6.07, 6.45) is 8.45. The zero-order chi connectivity index (χ0) is 16.1. The average Bonchev–Trinajstić information content (AvgIpc) is 3.40. The van der Waals surface area contributed by atoms with Crippen molar-refractivity contribution in [3.05, 3.63) is 59.6 Å². The number of rotatable bonds is 3. The summed E-state index contributed by atoms with van der Waals surface area (Å²) < 4.78 is 0. The van der Waals surface area contributed by atoms with E-state index in [9.17, 15) is 0 Å². The molecule has 24 heavy (non-hydrogen) atoms. The first kappa shape index (κ1) is 13.7. The predicted molar refractivity (Wildman–Crippen MR) is 87.9 cm³/mol. The van der Waals surface area contributed by atoms with E-state index in [4.69, 9.17) is 4.84 Å². The van der Waals surface area contributed by atoms with E-state index in [0.29, 0.717) is 12.6 Å². The maximum absolute atomic E-state index is 5.33. The number of pyridine rings is 1. The largest absolute Gasteiger partial charge is 0.306 e. The second kappa shape index (κ2) is 5.17. The number of allylic oxidation sites excluding steroid dienone is 1. The molecule has 0 saturated heterocycles. The minimum atomic E-state index is 0.597. The molecule has 7 nitrogen and oxygen atoms in total. The van der Waals surface area contributed by atoms with Gasteiger partial charge in [-0.2, -0.15) is 0 Å². The molecule has 1 fully saturated rings. The van der Waals surface area contributed by atoms with Gasteiger partial charge in [0.2, 0.25) is 0 Å². The Balaban J connectivity index is 1.60. The van der Waals surface area contributed by atoms with E-state index in [1.165, 1.54) is 18.4 Å². The molecule has 122 valence electrons. The van der Waals surface area contributed by atoms with E-state index < -0.39 is 0 Å². The van der Waals surface area contributed by atoms with Crippen molar-refractivity contribution in [2.45, 2.75) is 12.8 Å². The van der Waals surface area contributed by atoms with E-state index in [2.05, 4.69) is 31.1 Å². The summed E-state index contributed by atoms with van der Waals surface area (Å²) in [6.45, 7) is 1.45. The third-order valence-electron chi connectivity index (χ3n) is 4.74. The molecule has 4 heterocycles. The molecule has 0 bridgehead atoms. The van der Waals surface area contributed by atoms with Gasteiger partial charge in [0, 0.05) is 12.7 Å². The van der Waals surface area contributed by atoms with E-state index in [-0.39, 0.29) is 0 Å². The van der Waals surface area contributed by atoms with Gasteiger partial charge in [-0.25, -0.2) is 10.0 Å². The third-order valence-corrected chi connectivity index (χ3v) is 4.74. The molecule has 0 radical (unpaired) electrons. The van der Waals surface area contributed by atoms with E-state index >= 15 is 0 Å². The van der Waals surface area contributed by atoms with Gasteiger partial charge in [0.25, 0.3) is 0 Å². The second-order valence-electron chi connectivity index (χ2n) is 6.33. The van der Waals surface area contributed by atoms with Gasteiger partial charge in [-0.05, 0) is 42.5 Å².